The molecule has 146 valence electrons. The molecule has 0 aliphatic carbocycles. The van der Waals surface area contributed by atoms with Crippen LogP contribution in [0.3, 0.4) is 0 Å². The third kappa shape index (κ3) is 3.96. The van der Waals surface area contributed by atoms with Crippen LogP contribution in [-0.4, -0.2) is 19.7 Å². The van der Waals surface area contributed by atoms with E-state index in [4.69, 9.17) is 9.51 Å². The average Bonchev–Trinajstić information content (AvgIpc) is 3.21. The summed E-state index contributed by atoms with van der Waals surface area (Å²) in [6.45, 7) is 12.9. The Morgan fingerprint density at radius 1 is 1.22 bits per heavy atom. The van der Waals surface area contributed by atoms with Gasteiger partial charge >= 0.3 is 0 Å². The minimum absolute atomic E-state index is 0.0541. The molecule has 1 unspecified atom stereocenters. The normalized spacial score (nSPS) is 13.0. The molecule has 0 fully saturated rings. The molecule has 0 amide bonds. The fourth-order valence-electron chi connectivity index (χ4n) is 2.77. The van der Waals surface area contributed by atoms with Crippen molar-refractivity contribution in [2.24, 2.45) is 0 Å². The first-order valence-corrected chi connectivity index (χ1v) is 11.0. The van der Waals surface area contributed by atoms with Crippen LogP contribution in [0.15, 0.2) is 14.5 Å². The number of aryl methyl sites for hydroxylation is 2. The molecule has 0 spiro atoms. The number of fused-ring (bicyclic) bond motifs is 1. The molecule has 8 heteroatoms. The van der Waals surface area contributed by atoms with Gasteiger partial charge in [-0.15, -0.1) is 11.3 Å². The zero-order chi connectivity index (χ0) is 19.7. The lowest BCUT2D eigenvalue weighted by Crippen LogP contribution is -2.23. The Bertz CT molecular complexity index is 1000. The zero-order valence-electron chi connectivity index (χ0n) is 16.7. The van der Waals surface area contributed by atoms with Crippen molar-refractivity contribution >= 4 is 33.3 Å². The highest BCUT2D eigenvalue weighted by molar-refractivity contribution is 7.99. The van der Waals surface area contributed by atoms with Crippen LogP contribution in [0, 0.1) is 13.8 Å². The highest BCUT2D eigenvalue weighted by Crippen LogP contribution is 2.35. The second kappa shape index (κ2) is 8.14. The maximum atomic E-state index is 13.2. The van der Waals surface area contributed by atoms with E-state index in [2.05, 4.69) is 17.1 Å². The molecule has 0 N–H and O–H groups in total. The van der Waals surface area contributed by atoms with Gasteiger partial charge in [-0.3, -0.25) is 9.36 Å². The van der Waals surface area contributed by atoms with Gasteiger partial charge in [-0.25, -0.2) is 4.98 Å². The van der Waals surface area contributed by atoms with Crippen molar-refractivity contribution < 1.29 is 4.52 Å². The van der Waals surface area contributed by atoms with Crippen molar-refractivity contribution in [1.29, 1.82) is 0 Å². The first-order chi connectivity index (χ1) is 12.8. The second-order valence-electron chi connectivity index (χ2n) is 7.07. The summed E-state index contributed by atoms with van der Waals surface area (Å²) >= 11 is 3.09. The van der Waals surface area contributed by atoms with Gasteiger partial charge in [0.1, 0.15) is 4.83 Å². The van der Waals surface area contributed by atoms with Crippen molar-refractivity contribution in [2.75, 3.05) is 0 Å². The largest absolute Gasteiger partial charge is 0.338 e. The predicted molar refractivity (Wildman–Crippen MR) is 111 cm³/mol. The molecular formula is C19H26N4O2S2. The van der Waals surface area contributed by atoms with Crippen LogP contribution < -0.4 is 5.56 Å². The molecule has 3 rings (SSSR count). The number of nitrogens with zero attached hydrogens (tertiary/aromatic N) is 4. The number of unbranched alkanes of at least 4 members (excludes halogenated alkanes) is 1. The summed E-state index contributed by atoms with van der Waals surface area (Å²) in [5, 5.41) is 5.44. The lowest BCUT2D eigenvalue weighted by atomic mass is 10.2. The first-order valence-electron chi connectivity index (χ1n) is 9.34. The minimum atomic E-state index is -0.0793. The Balaban J connectivity index is 2.01. The highest BCUT2D eigenvalue weighted by Gasteiger charge is 2.22. The quantitative estimate of drug-likeness (QED) is 0.395. The Morgan fingerprint density at radius 2 is 1.96 bits per heavy atom. The average molecular weight is 407 g/mol. The molecule has 1 atom stereocenters. The number of hydrogen-bond acceptors (Lipinski definition) is 7. The van der Waals surface area contributed by atoms with Crippen molar-refractivity contribution in [3.63, 3.8) is 0 Å². The SMILES string of the molecule is CCCCn1c(SC(C)c2nc(C(C)C)no2)nc2sc(C)c(C)c2c1=O. The molecule has 0 saturated heterocycles. The van der Waals surface area contributed by atoms with E-state index in [0.717, 1.165) is 38.7 Å². The van der Waals surface area contributed by atoms with Gasteiger partial charge in [0.15, 0.2) is 11.0 Å². The van der Waals surface area contributed by atoms with Gasteiger partial charge in [0.2, 0.25) is 5.89 Å². The smallest absolute Gasteiger partial charge is 0.263 e. The molecule has 3 aromatic rings. The van der Waals surface area contributed by atoms with Gasteiger partial charge < -0.3 is 4.52 Å². The van der Waals surface area contributed by atoms with E-state index in [0.29, 0.717) is 18.3 Å². The summed E-state index contributed by atoms with van der Waals surface area (Å²) in [4.78, 5) is 24.4. The third-order valence-electron chi connectivity index (χ3n) is 4.59. The standard InChI is InChI=1S/C19H26N4O2S2/c1-7-8-9-23-18(24)14-11(4)12(5)26-17(14)21-19(23)27-13(6)16-20-15(10(2)3)22-25-16/h10,13H,7-9H2,1-6H3. The first kappa shape index (κ1) is 20.1. The maximum Gasteiger partial charge on any atom is 0.263 e. The van der Waals surface area contributed by atoms with Crippen LogP contribution in [0.5, 0.6) is 0 Å². The fourth-order valence-corrected chi connectivity index (χ4v) is 4.80. The number of hydrogen-bond donors (Lipinski definition) is 0. The van der Waals surface area contributed by atoms with E-state index in [1.165, 1.54) is 11.8 Å². The molecule has 3 heterocycles. The number of thioether (sulfide) groups is 1. The lowest BCUT2D eigenvalue weighted by molar-refractivity contribution is 0.372. The van der Waals surface area contributed by atoms with Crippen molar-refractivity contribution in [1.82, 2.24) is 19.7 Å². The topological polar surface area (TPSA) is 73.8 Å². The number of rotatable bonds is 7. The number of thiophene rings is 1. The van der Waals surface area contributed by atoms with Crippen LogP contribution in [0.4, 0.5) is 0 Å². The second-order valence-corrected chi connectivity index (χ2v) is 9.58. The van der Waals surface area contributed by atoms with Gasteiger partial charge in [-0.1, -0.05) is 44.1 Å². The van der Waals surface area contributed by atoms with E-state index in [1.807, 2.05) is 39.2 Å². The summed E-state index contributed by atoms with van der Waals surface area (Å²) in [6, 6.07) is 0. The zero-order valence-corrected chi connectivity index (χ0v) is 18.3. The number of aromatic nitrogens is 4. The lowest BCUT2D eigenvalue weighted by Gasteiger charge is -2.13. The summed E-state index contributed by atoms with van der Waals surface area (Å²) in [6.07, 6.45) is 1.96. The van der Waals surface area contributed by atoms with Crippen LogP contribution in [0.25, 0.3) is 10.2 Å². The Labute approximate surface area is 167 Å². The van der Waals surface area contributed by atoms with Gasteiger partial charge in [0, 0.05) is 17.3 Å². The van der Waals surface area contributed by atoms with Crippen molar-refractivity contribution in [3.05, 3.63) is 32.5 Å². The molecule has 6 nitrogen and oxygen atoms in total. The molecule has 0 aliphatic heterocycles. The van der Waals surface area contributed by atoms with Crippen LogP contribution in [0.2, 0.25) is 0 Å². The highest BCUT2D eigenvalue weighted by atomic mass is 32.2. The summed E-state index contributed by atoms with van der Waals surface area (Å²) in [7, 11) is 0. The molecule has 27 heavy (non-hydrogen) atoms. The molecular weight excluding hydrogens is 380 g/mol. The van der Waals surface area contributed by atoms with E-state index in [9.17, 15) is 4.79 Å². The van der Waals surface area contributed by atoms with E-state index in [-0.39, 0.29) is 16.7 Å². The van der Waals surface area contributed by atoms with Crippen LogP contribution >= 0.6 is 23.1 Å². The Hall–Kier alpha value is -1.67. The van der Waals surface area contributed by atoms with Gasteiger partial charge in [0.05, 0.1) is 10.6 Å². The van der Waals surface area contributed by atoms with Gasteiger partial charge in [0.25, 0.3) is 5.56 Å². The fraction of sp³-hybridized carbons (Fsp3) is 0.579. The van der Waals surface area contributed by atoms with Gasteiger partial charge in [-0.05, 0) is 32.8 Å². The van der Waals surface area contributed by atoms with Gasteiger partial charge in [-0.2, -0.15) is 4.98 Å². The summed E-state index contributed by atoms with van der Waals surface area (Å²) in [5.74, 6) is 1.49. The van der Waals surface area contributed by atoms with E-state index >= 15 is 0 Å². The summed E-state index contributed by atoms with van der Waals surface area (Å²) < 4.78 is 7.24. The molecule has 0 aliphatic rings. The predicted octanol–water partition coefficient (Wildman–Crippen LogP) is 5.23. The molecule has 0 radical (unpaired) electrons. The molecule has 0 bridgehead atoms. The third-order valence-corrected chi connectivity index (χ3v) is 6.77. The van der Waals surface area contributed by atoms with Crippen LogP contribution in [-0.2, 0) is 6.54 Å². The molecule has 0 aromatic carbocycles. The van der Waals surface area contributed by atoms with E-state index < -0.39 is 0 Å². The molecule has 3 aromatic heterocycles. The minimum Gasteiger partial charge on any atom is -0.338 e. The van der Waals surface area contributed by atoms with E-state index in [1.54, 1.807) is 11.3 Å². The maximum absolute atomic E-state index is 13.2. The van der Waals surface area contributed by atoms with Crippen LogP contribution in [0.1, 0.15) is 73.9 Å². The monoisotopic (exact) mass is 406 g/mol. The summed E-state index contributed by atoms with van der Waals surface area (Å²) in [5.41, 5.74) is 1.10. The Morgan fingerprint density at radius 3 is 2.59 bits per heavy atom. The van der Waals surface area contributed by atoms with Crippen molar-refractivity contribution in [2.45, 2.75) is 77.3 Å². The Kier molecular flexibility index (Phi) is 6.05. The molecule has 0 saturated carbocycles. The van der Waals surface area contributed by atoms with Crippen molar-refractivity contribution in [3.8, 4) is 0 Å².